The van der Waals surface area contributed by atoms with Gasteiger partial charge in [0.05, 0.1) is 6.04 Å². The van der Waals surface area contributed by atoms with Crippen molar-refractivity contribution < 1.29 is 17.9 Å². The normalized spacial score (nSPS) is 13.0. The molecule has 1 N–H and O–H groups in total. The van der Waals surface area contributed by atoms with Crippen molar-refractivity contribution in [3.63, 3.8) is 0 Å². The third-order valence-corrected chi connectivity index (χ3v) is 3.19. The summed E-state index contributed by atoms with van der Waals surface area (Å²) in [6, 6.07) is 12.9. The number of rotatable bonds is 4. The highest BCUT2D eigenvalue weighted by molar-refractivity contribution is 6.30. The van der Waals surface area contributed by atoms with Crippen LogP contribution in [0.5, 0.6) is 5.75 Å². The SMILES string of the molecule is CNC(c1ccc(Cl)cc1)c1ccc(OC(F)(F)F)cc1. The fourth-order valence-corrected chi connectivity index (χ4v) is 2.17. The van der Waals surface area contributed by atoms with Gasteiger partial charge < -0.3 is 10.1 Å². The fourth-order valence-electron chi connectivity index (χ4n) is 2.04. The largest absolute Gasteiger partial charge is 0.573 e. The summed E-state index contributed by atoms with van der Waals surface area (Å²) in [6.45, 7) is 0. The molecule has 2 nitrogen and oxygen atoms in total. The predicted octanol–water partition coefficient (Wildman–Crippen LogP) is 4.55. The van der Waals surface area contributed by atoms with E-state index in [1.807, 2.05) is 12.1 Å². The third-order valence-electron chi connectivity index (χ3n) is 2.94. The van der Waals surface area contributed by atoms with Crippen LogP contribution < -0.4 is 10.1 Å². The summed E-state index contributed by atoms with van der Waals surface area (Å²) in [6.07, 6.45) is -4.68. The number of hydrogen-bond donors (Lipinski definition) is 1. The van der Waals surface area contributed by atoms with E-state index in [0.29, 0.717) is 5.02 Å². The second kappa shape index (κ2) is 6.37. The maximum Gasteiger partial charge on any atom is 0.573 e. The molecule has 0 aliphatic carbocycles. The molecule has 0 spiro atoms. The van der Waals surface area contributed by atoms with Crippen LogP contribution in [0.4, 0.5) is 13.2 Å². The number of benzene rings is 2. The van der Waals surface area contributed by atoms with Crippen molar-refractivity contribution in [3.05, 3.63) is 64.7 Å². The average Bonchev–Trinajstić information content (AvgIpc) is 2.42. The third kappa shape index (κ3) is 4.37. The highest BCUT2D eigenvalue weighted by Crippen LogP contribution is 2.27. The van der Waals surface area contributed by atoms with Gasteiger partial charge in [0.2, 0.25) is 0 Å². The summed E-state index contributed by atoms with van der Waals surface area (Å²) in [7, 11) is 1.78. The van der Waals surface area contributed by atoms with Gasteiger partial charge in [-0.3, -0.25) is 0 Å². The highest BCUT2D eigenvalue weighted by atomic mass is 35.5. The lowest BCUT2D eigenvalue weighted by atomic mass is 9.99. The molecule has 2 rings (SSSR count). The topological polar surface area (TPSA) is 21.3 Å². The van der Waals surface area contributed by atoms with Gasteiger partial charge in [-0.15, -0.1) is 13.2 Å². The molecule has 0 fully saturated rings. The molecule has 0 saturated carbocycles. The average molecular weight is 316 g/mol. The lowest BCUT2D eigenvalue weighted by molar-refractivity contribution is -0.274. The molecule has 0 saturated heterocycles. The van der Waals surface area contributed by atoms with Crippen molar-refractivity contribution >= 4 is 11.6 Å². The van der Waals surface area contributed by atoms with Crippen LogP contribution in [-0.2, 0) is 0 Å². The van der Waals surface area contributed by atoms with Crippen LogP contribution in [0.3, 0.4) is 0 Å². The van der Waals surface area contributed by atoms with E-state index in [4.69, 9.17) is 11.6 Å². The van der Waals surface area contributed by atoms with Gasteiger partial charge in [0.1, 0.15) is 5.75 Å². The summed E-state index contributed by atoms with van der Waals surface area (Å²) < 4.78 is 40.2. The molecular weight excluding hydrogens is 303 g/mol. The summed E-state index contributed by atoms with van der Waals surface area (Å²) in [5.41, 5.74) is 1.79. The number of nitrogens with one attached hydrogen (secondary N) is 1. The van der Waals surface area contributed by atoms with Crippen LogP contribution in [0.2, 0.25) is 5.02 Å². The van der Waals surface area contributed by atoms with Crippen molar-refractivity contribution in [2.24, 2.45) is 0 Å². The lowest BCUT2D eigenvalue weighted by Gasteiger charge is -2.18. The first-order chi connectivity index (χ1) is 9.89. The minimum absolute atomic E-state index is 0.137. The van der Waals surface area contributed by atoms with Crippen LogP contribution in [0.1, 0.15) is 17.2 Å². The monoisotopic (exact) mass is 315 g/mol. The molecule has 0 heterocycles. The Kier molecular flexibility index (Phi) is 4.75. The van der Waals surface area contributed by atoms with E-state index in [0.717, 1.165) is 11.1 Å². The van der Waals surface area contributed by atoms with E-state index < -0.39 is 6.36 Å². The van der Waals surface area contributed by atoms with E-state index >= 15 is 0 Å². The van der Waals surface area contributed by atoms with Crippen molar-refractivity contribution in [2.75, 3.05) is 7.05 Å². The van der Waals surface area contributed by atoms with Gasteiger partial charge in [0.25, 0.3) is 0 Å². The van der Waals surface area contributed by atoms with E-state index in [-0.39, 0.29) is 11.8 Å². The Labute approximate surface area is 125 Å². The zero-order chi connectivity index (χ0) is 15.5. The second-order valence-electron chi connectivity index (χ2n) is 4.39. The smallest absolute Gasteiger partial charge is 0.406 e. The Hall–Kier alpha value is -1.72. The molecule has 21 heavy (non-hydrogen) atoms. The van der Waals surface area contributed by atoms with Crippen molar-refractivity contribution in [1.82, 2.24) is 5.32 Å². The van der Waals surface area contributed by atoms with E-state index in [1.54, 1.807) is 31.3 Å². The molecule has 0 amide bonds. The first-order valence-electron chi connectivity index (χ1n) is 6.17. The summed E-state index contributed by atoms with van der Waals surface area (Å²) in [5, 5.41) is 3.74. The van der Waals surface area contributed by atoms with E-state index in [1.165, 1.54) is 12.1 Å². The molecule has 2 aromatic rings. The standard InChI is InChI=1S/C15H13ClF3NO/c1-20-14(10-2-6-12(16)7-3-10)11-4-8-13(9-5-11)21-15(17,18)19/h2-9,14,20H,1H3. The summed E-state index contributed by atoms with van der Waals surface area (Å²) in [5.74, 6) is -0.239. The van der Waals surface area contributed by atoms with Crippen LogP contribution in [-0.4, -0.2) is 13.4 Å². The Balaban J connectivity index is 2.21. The van der Waals surface area contributed by atoms with E-state index in [9.17, 15) is 13.2 Å². The zero-order valence-corrected chi connectivity index (χ0v) is 11.9. The molecular formula is C15H13ClF3NO. The van der Waals surface area contributed by atoms with Gasteiger partial charge in [0.15, 0.2) is 0 Å². The molecule has 1 atom stereocenters. The maximum atomic E-state index is 12.1. The van der Waals surface area contributed by atoms with Crippen molar-refractivity contribution in [3.8, 4) is 5.75 Å². The molecule has 6 heteroatoms. The van der Waals surface area contributed by atoms with Crippen LogP contribution in [0, 0.1) is 0 Å². The second-order valence-corrected chi connectivity index (χ2v) is 4.83. The number of ether oxygens (including phenoxy) is 1. The first kappa shape index (κ1) is 15.7. The lowest BCUT2D eigenvalue weighted by Crippen LogP contribution is -2.18. The minimum Gasteiger partial charge on any atom is -0.406 e. The number of hydrogen-bond acceptors (Lipinski definition) is 2. The zero-order valence-electron chi connectivity index (χ0n) is 11.1. The quantitative estimate of drug-likeness (QED) is 0.894. The molecule has 0 bridgehead atoms. The Morgan fingerprint density at radius 2 is 1.43 bits per heavy atom. The number of alkyl halides is 3. The predicted molar refractivity (Wildman–Crippen MR) is 75.5 cm³/mol. The highest BCUT2D eigenvalue weighted by Gasteiger charge is 2.31. The molecule has 1 unspecified atom stereocenters. The Morgan fingerprint density at radius 3 is 1.86 bits per heavy atom. The van der Waals surface area contributed by atoms with Gasteiger partial charge in [-0.1, -0.05) is 35.9 Å². The molecule has 2 aromatic carbocycles. The van der Waals surface area contributed by atoms with Gasteiger partial charge in [0, 0.05) is 5.02 Å². The molecule has 0 aliphatic heterocycles. The van der Waals surface area contributed by atoms with Crippen molar-refractivity contribution in [1.29, 1.82) is 0 Å². The summed E-state index contributed by atoms with van der Waals surface area (Å²) in [4.78, 5) is 0. The van der Waals surface area contributed by atoms with E-state index in [2.05, 4.69) is 10.1 Å². The molecule has 0 aromatic heterocycles. The van der Waals surface area contributed by atoms with Crippen molar-refractivity contribution in [2.45, 2.75) is 12.4 Å². The fraction of sp³-hybridized carbons (Fsp3) is 0.200. The van der Waals surface area contributed by atoms with Crippen LogP contribution >= 0.6 is 11.6 Å². The summed E-state index contributed by atoms with van der Waals surface area (Å²) >= 11 is 5.84. The van der Waals surface area contributed by atoms with Gasteiger partial charge >= 0.3 is 6.36 Å². The van der Waals surface area contributed by atoms with Gasteiger partial charge in [-0.2, -0.15) is 0 Å². The first-order valence-corrected chi connectivity index (χ1v) is 6.55. The van der Waals surface area contributed by atoms with Gasteiger partial charge in [-0.05, 0) is 42.4 Å². The van der Waals surface area contributed by atoms with Crippen LogP contribution in [0.25, 0.3) is 0 Å². The molecule has 0 aliphatic rings. The molecule has 112 valence electrons. The number of halogens is 4. The Morgan fingerprint density at radius 1 is 0.952 bits per heavy atom. The Bertz CT molecular complexity index is 581. The maximum absolute atomic E-state index is 12.1. The van der Waals surface area contributed by atoms with Crippen LogP contribution in [0.15, 0.2) is 48.5 Å². The minimum atomic E-state index is -4.68. The molecule has 0 radical (unpaired) electrons. The van der Waals surface area contributed by atoms with Gasteiger partial charge in [-0.25, -0.2) is 0 Å².